The zero-order valence-electron chi connectivity index (χ0n) is 11.9. The first-order chi connectivity index (χ1) is 8.63. The van der Waals surface area contributed by atoms with Gasteiger partial charge in [-0.1, -0.05) is 31.5 Å². The fourth-order valence-corrected chi connectivity index (χ4v) is 4.32. The Kier molecular flexibility index (Phi) is 4.96. The maximum absolute atomic E-state index is 5.10. The minimum Gasteiger partial charge on any atom is -0.385 e. The highest BCUT2D eigenvalue weighted by molar-refractivity contribution is 8.14. The summed E-state index contributed by atoms with van der Waals surface area (Å²) >= 11 is 1.91. The topological polar surface area (TPSA) is 33.6 Å². The van der Waals surface area contributed by atoms with Crippen molar-refractivity contribution in [2.75, 3.05) is 19.5 Å². The SMILES string of the molecule is COCCC(C)N=C1NC2(CCCC(C)C2)CS1. The zero-order chi connectivity index (χ0) is 13.0. The first kappa shape index (κ1) is 14.2. The van der Waals surface area contributed by atoms with Crippen molar-refractivity contribution in [1.82, 2.24) is 5.32 Å². The lowest BCUT2D eigenvalue weighted by Gasteiger charge is -2.36. The predicted octanol–water partition coefficient (Wildman–Crippen LogP) is 3.05. The van der Waals surface area contributed by atoms with Gasteiger partial charge in [-0.05, 0) is 32.1 Å². The molecule has 1 aliphatic carbocycles. The van der Waals surface area contributed by atoms with Crippen LogP contribution in [-0.2, 0) is 4.74 Å². The first-order valence-corrected chi connectivity index (χ1v) is 8.10. The first-order valence-electron chi connectivity index (χ1n) is 7.11. The number of amidine groups is 1. The molecule has 1 saturated carbocycles. The van der Waals surface area contributed by atoms with Crippen LogP contribution in [0.3, 0.4) is 0 Å². The van der Waals surface area contributed by atoms with Crippen molar-refractivity contribution >= 4 is 16.9 Å². The lowest BCUT2D eigenvalue weighted by Crippen LogP contribution is -2.47. The molecule has 104 valence electrons. The second-order valence-corrected chi connectivity index (χ2v) is 6.92. The second-order valence-electron chi connectivity index (χ2n) is 5.96. The predicted molar refractivity (Wildman–Crippen MR) is 79.3 cm³/mol. The number of nitrogens with zero attached hydrogens (tertiary/aromatic N) is 1. The molecule has 0 aromatic heterocycles. The Morgan fingerprint density at radius 1 is 1.61 bits per heavy atom. The zero-order valence-corrected chi connectivity index (χ0v) is 12.7. The highest BCUT2D eigenvalue weighted by Gasteiger charge is 2.40. The third-order valence-electron chi connectivity index (χ3n) is 4.03. The molecule has 1 spiro atoms. The van der Waals surface area contributed by atoms with Crippen molar-refractivity contribution < 1.29 is 4.74 Å². The Balaban J connectivity index is 1.88. The summed E-state index contributed by atoms with van der Waals surface area (Å²) in [7, 11) is 1.75. The van der Waals surface area contributed by atoms with Gasteiger partial charge in [0, 0.05) is 25.0 Å². The Hall–Kier alpha value is -0.220. The summed E-state index contributed by atoms with van der Waals surface area (Å²) in [4.78, 5) is 4.78. The molecule has 2 fully saturated rings. The van der Waals surface area contributed by atoms with Crippen molar-refractivity contribution in [1.29, 1.82) is 0 Å². The molecular weight excluding hydrogens is 244 g/mol. The number of ether oxygens (including phenoxy) is 1. The van der Waals surface area contributed by atoms with Gasteiger partial charge >= 0.3 is 0 Å². The van der Waals surface area contributed by atoms with E-state index in [1.807, 2.05) is 11.8 Å². The van der Waals surface area contributed by atoms with Crippen LogP contribution in [0.5, 0.6) is 0 Å². The molecule has 1 heterocycles. The molecule has 1 N–H and O–H groups in total. The molecule has 0 bridgehead atoms. The van der Waals surface area contributed by atoms with E-state index in [2.05, 4.69) is 19.2 Å². The highest BCUT2D eigenvalue weighted by Crippen LogP contribution is 2.38. The lowest BCUT2D eigenvalue weighted by atomic mass is 9.78. The Morgan fingerprint density at radius 3 is 3.17 bits per heavy atom. The minimum absolute atomic E-state index is 0.349. The molecule has 0 aromatic carbocycles. The van der Waals surface area contributed by atoms with Gasteiger partial charge in [0.15, 0.2) is 5.17 Å². The normalized spacial score (nSPS) is 35.9. The molecule has 3 atom stereocenters. The molecule has 3 unspecified atom stereocenters. The van der Waals surface area contributed by atoms with Crippen LogP contribution in [0, 0.1) is 5.92 Å². The smallest absolute Gasteiger partial charge is 0.157 e. The molecule has 1 saturated heterocycles. The van der Waals surface area contributed by atoms with Gasteiger partial charge in [0.05, 0.1) is 6.04 Å². The minimum atomic E-state index is 0.349. The molecule has 0 amide bonds. The summed E-state index contributed by atoms with van der Waals surface area (Å²) in [5.74, 6) is 2.06. The summed E-state index contributed by atoms with van der Waals surface area (Å²) in [6.45, 7) is 5.34. The largest absolute Gasteiger partial charge is 0.385 e. The van der Waals surface area contributed by atoms with E-state index < -0.39 is 0 Å². The molecular formula is C14H26N2OS. The number of nitrogens with one attached hydrogen (secondary N) is 1. The van der Waals surface area contributed by atoms with Gasteiger partial charge in [-0.2, -0.15) is 0 Å². The van der Waals surface area contributed by atoms with Crippen LogP contribution in [0.4, 0.5) is 0 Å². The standard InChI is InChI=1S/C14H26N2OS/c1-11-5-4-7-14(9-11)10-18-13(16-14)15-12(2)6-8-17-3/h11-12H,4-10H2,1-3H3,(H,15,16). The molecule has 0 radical (unpaired) electrons. The summed E-state index contributed by atoms with van der Waals surface area (Å²) in [5, 5.41) is 4.88. The highest BCUT2D eigenvalue weighted by atomic mass is 32.2. The van der Waals surface area contributed by atoms with E-state index in [1.165, 1.54) is 31.4 Å². The monoisotopic (exact) mass is 270 g/mol. The second kappa shape index (κ2) is 6.29. The molecule has 2 rings (SSSR count). The van der Waals surface area contributed by atoms with Gasteiger partial charge in [0.25, 0.3) is 0 Å². The van der Waals surface area contributed by atoms with Gasteiger partial charge in [-0.25, -0.2) is 0 Å². The van der Waals surface area contributed by atoms with Crippen LogP contribution in [0.25, 0.3) is 0 Å². The van der Waals surface area contributed by atoms with Crippen LogP contribution in [-0.4, -0.2) is 36.2 Å². The molecule has 0 aromatic rings. The molecule has 18 heavy (non-hydrogen) atoms. The van der Waals surface area contributed by atoms with Gasteiger partial charge < -0.3 is 10.1 Å². The molecule has 4 heteroatoms. The van der Waals surface area contributed by atoms with Crippen LogP contribution >= 0.6 is 11.8 Å². The third-order valence-corrected chi connectivity index (χ3v) is 5.20. The third kappa shape index (κ3) is 3.64. The number of hydrogen-bond acceptors (Lipinski definition) is 3. The maximum atomic E-state index is 5.10. The van der Waals surface area contributed by atoms with Crippen LogP contribution in [0.15, 0.2) is 4.99 Å². The molecule has 1 aliphatic heterocycles. The number of aliphatic imine (C=N–C) groups is 1. The summed E-state index contributed by atoms with van der Waals surface area (Å²) < 4.78 is 5.10. The van der Waals surface area contributed by atoms with E-state index in [0.717, 1.165) is 24.1 Å². The van der Waals surface area contributed by atoms with Gasteiger partial charge in [0.2, 0.25) is 0 Å². The van der Waals surface area contributed by atoms with E-state index in [0.29, 0.717) is 11.6 Å². The number of hydrogen-bond donors (Lipinski definition) is 1. The summed E-state index contributed by atoms with van der Waals surface area (Å²) in [6, 6.07) is 0.358. The van der Waals surface area contributed by atoms with Crippen LogP contribution in [0.1, 0.15) is 46.0 Å². The average molecular weight is 270 g/mol. The van der Waals surface area contributed by atoms with Crippen molar-refractivity contribution in [2.45, 2.75) is 57.5 Å². The Labute approximate surface area is 115 Å². The van der Waals surface area contributed by atoms with Crippen molar-refractivity contribution in [3.05, 3.63) is 0 Å². The van der Waals surface area contributed by atoms with E-state index in [4.69, 9.17) is 9.73 Å². The van der Waals surface area contributed by atoms with Gasteiger partial charge in [-0.3, -0.25) is 4.99 Å². The van der Waals surface area contributed by atoms with Crippen molar-refractivity contribution in [3.8, 4) is 0 Å². The van der Waals surface area contributed by atoms with Crippen LogP contribution < -0.4 is 5.32 Å². The fraction of sp³-hybridized carbons (Fsp3) is 0.929. The molecule has 3 nitrogen and oxygen atoms in total. The van der Waals surface area contributed by atoms with E-state index in [1.54, 1.807) is 7.11 Å². The summed E-state index contributed by atoms with van der Waals surface area (Å²) in [6.07, 6.45) is 6.39. The van der Waals surface area contributed by atoms with E-state index in [9.17, 15) is 0 Å². The Morgan fingerprint density at radius 2 is 2.44 bits per heavy atom. The van der Waals surface area contributed by atoms with Crippen LogP contribution in [0.2, 0.25) is 0 Å². The fourth-order valence-electron chi connectivity index (χ4n) is 3.03. The van der Waals surface area contributed by atoms with E-state index in [-0.39, 0.29) is 0 Å². The Bertz CT molecular complexity index is 308. The quantitative estimate of drug-likeness (QED) is 0.852. The number of methoxy groups -OCH3 is 1. The lowest BCUT2D eigenvalue weighted by molar-refractivity contribution is 0.190. The van der Waals surface area contributed by atoms with Crippen molar-refractivity contribution in [3.63, 3.8) is 0 Å². The van der Waals surface area contributed by atoms with Crippen molar-refractivity contribution in [2.24, 2.45) is 10.9 Å². The van der Waals surface area contributed by atoms with Gasteiger partial charge in [0.1, 0.15) is 0 Å². The number of rotatable bonds is 4. The van der Waals surface area contributed by atoms with Gasteiger partial charge in [-0.15, -0.1) is 0 Å². The number of thioether (sulfide) groups is 1. The average Bonchev–Trinajstić information content (AvgIpc) is 2.69. The van der Waals surface area contributed by atoms with E-state index >= 15 is 0 Å². The molecule has 2 aliphatic rings. The summed E-state index contributed by atoms with van der Waals surface area (Å²) in [5.41, 5.74) is 0.349. The maximum Gasteiger partial charge on any atom is 0.157 e.